The van der Waals surface area contributed by atoms with Gasteiger partial charge in [-0.2, -0.15) is 0 Å². The molecule has 7 nitrogen and oxygen atoms in total. The van der Waals surface area contributed by atoms with Gasteiger partial charge in [0.2, 0.25) is 0 Å². The van der Waals surface area contributed by atoms with Crippen molar-refractivity contribution in [3.63, 3.8) is 0 Å². The number of fused-ring (bicyclic) bond motifs is 1. The van der Waals surface area contributed by atoms with Gasteiger partial charge in [0, 0.05) is 19.8 Å². The van der Waals surface area contributed by atoms with Crippen LogP contribution in [0.4, 0.5) is 0 Å². The smallest absolute Gasteiger partial charge is 0.265 e. The number of amides is 1. The zero-order valence-corrected chi connectivity index (χ0v) is 17.5. The quantitative estimate of drug-likeness (QED) is 0.542. The number of aromatic nitrogens is 3. The highest BCUT2D eigenvalue weighted by Gasteiger charge is 2.20. The summed E-state index contributed by atoms with van der Waals surface area (Å²) >= 11 is 0. The molecule has 1 N–H and O–H groups in total. The predicted octanol–water partition coefficient (Wildman–Crippen LogP) is 3.24. The zero-order chi connectivity index (χ0) is 22.0. The van der Waals surface area contributed by atoms with Crippen molar-refractivity contribution in [3.05, 3.63) is 87.8 Å². The molecular formula is C24H22N4O3. The van der Waals surface area contributed by atoms with Gasteiger partial charge in [-0.25, -0.2) is 4.98 Å². The molecule has 0 spiro atoms. The average molecular weight is 414 g/mol. The third kappa shape index (κ3) is 3.90. The Morgan fingerprint density at radius 1 is 1.10 bits per heavy atom. The number of hydrogen-bond acceptors (Lipinski definition) is 5. The van der Waals surface area contributed by atoms with Crippen LogP contribution in [0.15, 0.2) is 65.6 Å². The highest BCUT2D eigenvalue weighted by atomic mass is 16.5. The van der Waals surface area contributed by atoms with Gasteiger partial charge in [0.05, 0.1) is 18.2 Å². The van der Waals surface area contributed by atoms with Crippen LogP contribution in [-0.2, 0) is 13.6 Å². The topological polar surface area (TPSA) is 86.1 Å². The summed E-state index contributed by atoms with van der Waals surface area (Å²) in [6, 6.07) is 16.6. The molecule has 31 heavy (non-hydrogen) atoms. The van der Waals surface area contributed by atoms with E-state index >= 15 is 0 Å². The van der Waals surface area contributed by atoms with Gasteiger partial charge in [0.15, 0.2) is 5.82 Å². The summed E-state index contributed by atoms with van der Waals surface area (Å²) in [6.45, 7) is 2.38. The van der Waals surface area contributed by atoms with Crippen molar-refractivity contribution in [2.24, 2.45) is 7.05 Å². The Kier molecular flexibility index (Phi) is 5.49. The van der Waals surface area contributed by atoms with E-state index in [2.05, 4.69) is 15.3 Å². The van der Waals surface area contributed by atoms with Crippen LogP contribution in [-0.4, -0.2) is 27.6 Å². The molecule has 156 valence electrons. The lowest BCUT2D eigenvalue weighted by molar-refractivity contribution is 0.0948. The summed E-state index contributed by atoms with van der Waals surface area (Å²) in [5.41, 5.74) is 3.14. The van der Waals surface area contributed by atoms with E-state index in [1.807, 2.05) is 37.3 Å². The summed E-state index contributed by atoms with van der Waals surface area (Å²) < 4.78 is 6.92. The molecule has 4 aromatic rings. The van der Waals surface area contributed by atoms with E-state index in [4.69, 9.17) is 4.74 Å². The van der Waals surface area contributed by atoms with E-state index in [9.17, 15) is 9.59 Å². The second-order valence-electron chi connectivity index (χ2n) is 7.22. The van der Waals surface area contributed by atoms with Crippen molar-refractivity contribution in [1.29, 1.82) is 0 Å². The second kappa shape index (κ2) is 8.39. The molecule has 0 unspecified atom stereocenters. The van der Waals surface area contributed by atoms with Gasteiger partial charge in [0.25, 0.3) is 11.5 Å². The van der Waals surface area contributed by atoms with Gasteiger partial charge in [-0.3, -0.25) is 19.1 Å². The normalized spacial score (nSPS) is 10.8. The van der Waals surface area contributed by atoms with Crippen molar-refractivity contribution in [1.82, 2.24) is 19.9 Å². The summed E-state index contributed by atoms with van der Waals surface area (Å²) in [7, 11) is 3.07. The molecule has 2 aromatic heterocycles. The third-order valence-electron chi connectivity index (χ3n) is 5.11. The Labute approximate surface area is 179 Å². The minimum Gasteiger partial charge on any atom is -0.495 e. The number of nitrogens with one attached hydrogen (secondary N) is 1. The number of methoxy groups -OCH3 is 1. The standard InChI is InChI=1S/C24H22N4O3/c1-15-7-9-16(10-8-15)14-26-23(29)17-11-12-18-20(21(17)31-3)24(30)28(2)22(27-18)19-6-4-5-13-25-19/h4-13H,14H2,1-3H3,(H,26,29). The molecular weight excluding hydrogens is 392 g/mol. The number of rotatable bonds is 5. The molecule has 0 atom stereocenters. The number of benzene rings is 2. The Morgan fingerprint density at radius 2 is 1.87 bits per heavy atom. The summed E-state index contributed by atoms with van der Waals surface area (Å²) in [4.78, 5) is 34.9. The number of nitrogens with zero attached hydrogens (tertiary/aromatic N) is 3. The fourth-order valence-electron chi connectivity index (χ4n) is 3.42. The lowest BCUT2D eigenvalue weighted by Gasteiger charge is -2.14. The van der Waals surface area contributed by atoms with Crippen LogP contribution in [0.2, 0.25) is 0 Å². The average Bonchev–Trinajstić information content (AvgIpc) is 2.80. The minimum atomic E-state index is -0.324. The van der Waals surface area contributed by atoms with Crippen molar-refractivity contribution < 1.29 is 9.53 Å². The number of carbonyl (C=O) groups excluding carboxylic acids is 1. The van der Waals surface area contributed by atoms with Crippen LogP contribution in [0.5, 0.6) is 5.75 Å². The van der Waals surface area contributed by atoms with Gasteiger partial charge in [-0.05, 0) is 36.8 Å². The Hall–Kier alpha value is -4.00. The first-order valence-electron chi connectivity index (χ1n) is 9.82. The van der Waals surface area contributed by atoms with Crippen molar-refractivity contribution in [2.75, 3.05) is 7.11 Å². The molecule has 1 amide bonds. The molecule has 2 heterocycles. The van der Waals surface area contributed by atoms with Gasteiger partial charge in [0.1, 0.15) is 16.8 Å². The Balaban J connectivity index is 1.74. The molecule has 4 rings (SSSR count). The lowest BCUT2D eigenvalue weighted by Crippen LogP contribution is -2.25. The molecule has 0 aliphatic rings. The van der Waals surface area contributed by atoms with E-state index < -0.39 is 0 Å². The Morgan fingerprint density at radius 3 is 2.55 bits per heavy atom. The highest BCUT2D eigenvalue weighted by molar-refractivity contribution is 6.03. The SMILES string of the molecule is COc1c(C(=O)NCc2ccc(C)cc2)ccc2nc(-c3ccccn3)n(C)c(=O)c12. The highest BCUT2D eigenvalue weighted by Crippen LogP contribution is 2.28. The molecule has 2 aromatic carbocycles. The van der Waals surface area contributed by atoms with E-state index in [0.717, 1.165) is 11.1 Å². The maximum absolute atomic E-state index is 13.2. The number of hydrogen-bond donors (Lipinski definition) is 1. The van der Waals surface area contributed by atoms with Crippen molar-refractivity contribution in [3.8, 4) is 17.3 Å². The van der Waals surface area contributed by atoms with Crippen LogP contribution in [0.1, 0.15) is 21.5 Å². The number of pyridine rings is 1. The lowest BCUT2D eigenvalue weighted by atomic mass is 10.1. The van der Waals surface area contributed by atoms with Gasteiger partial charge in [-0.1, -0.05) is 35.9 Å². The van der Waals surface area contributed by atoms with Gasteiger partial charge in [-0.15, -0.1) is 0 Å². The maximum Gasteiger partial charge on any atom is 0.265 e. The number of aryl methyl sites for hydroxylation is 1. The molecule has 0 radical (unpaired) electrons. The first kappa shape index (κ1) is 20.3. The fourth-order valence-corrected chi connectivity index (χ4v) is 3.42. The molecule has 0 fully saturated rings. The monoisotopic (exact) mass is 414 g/mol. The molecule has 0 bridgehead atoms. The molecule has 0 saturated heterocycles. The molecule has 0 aliphatic carbocycles. The van der Waals surface area contributed by atoms with Crippen molar-refractivity contribution >= 4 is 16.8 Å². The summed E-state index contributed by atoms with van der Waals surface area (Å²) in [5, 5.41) is 3.14. The van der Waals surface area contributed by atoms with E-state index in [-0.39, 0.29) is 28.2 Å². The number of ether oxygens (including phenoxy) is 1. The summed E-state index contributed by atoms with van der Waals surface area (Å²) in [6.07, 6.45) is 1.65. The first-order chi connectivity index (χ1) is 15.0. The third-order valence-corrected chi connectivity index (χ3v) is 5.11. The van der Waals surface area contributed by atoms with E-state index in [1.165, 1.54) is 11.7 Å². The number of carbonyl (C=O) groups is 1. The minimum absolute atomic E-state index is 0.208. The van der Waals surface area contributed by atoms with E-state index in [0.29, 0.717) is 23.6 Å². The zero-order valence-electron chi connectivity index (χ0n) is 17.5. The molecule has 0 saturated carbocycles. The summed E-state index contributed by atoms with van der Waals surface area (Å²) in [5.74, 6) is 0.325. The Bertz CT molecular complexity index is 1310. The van der Waals surface area contributed by atoms with Gasteiger partial charge < -0.3 is 10.1 Å². The largest absolute Gasteiger partial charge is 0.495 e. The van der Waals surface area contributed by atoms with E-state index in [1.54, 1.807) is 37.5 Å². The predicted molar refractivity (Wildman–Crippen MR) is 119 cm³/mol. The van der Waals surface area contributed by atoms with Crippen LogP contribution >= 0.6 is 0 Å². The van der Waals surface area contributed by atoms with Crippen LogP contribution < -0.4 is 15.6 Å². The van der Waals surface area contributed by atoms with Crippen LogP contribution in [0.3, 0.4) is 0 Å². The maximum atomic E-state index is 13.2. The first-order valence-corrected chi connectivity index (χ1v) is 9.82. The molecule has 0 aliphatic heterocycles. The van der Waals surface area contributed by atoms with Crippen LogP contribution in [0, 0.1) is 6.92 Å². The van der Waals surface area contributed by atoms with Crippen LogP contribution in [0.25, 0.3) is 22.4 Å². The van der Waals surface area contributed by atoms with Crippen molar-refractivity contribution in [2.45, 2.75) is 13.5 Å². The molecule has 7 heteroatoms. The fraction of sp³-hybridized carbons (Fsp3) is 0.167. The second-order valence-corrected chi connectivity index (χ2v) is 7.22. The van der Waals surface area contributed by atoms with Gasteiger partial charge >= 0.3 is 0 Å².